The number of aryl methyl sites for hydroxylation is 1. The lowest BCUT2D eigenvalue weighted by Gasteiger charge is -2.42. The summed E-state index contributed by atoms with van der Waals surface area (Å²) >= 11 is 6.70. The number of imide groups is 1. The number of nitrogens with one attached hydrogen (secondary N) is 2. The third-order valence-electron chi connectivity index (χ3n) is 14.1. The maximum absolute atomic E-state index is 16.4. The van der Waals surface area contributed by atoms with Crippen LogP contribution in [0.5, 0.6) is 11.5 Å². The summed E-state index contributed by atoms with van der Waals surface area (Å²) < 4.78 is 46.2. The van der Waals surface area contributed by atoms with Gasteiger partial charge in [-0.3, -0.25) is 24.5 Å². The molecule has 2 atom stereocenters. The molecule has 0 saturated carbocycles. The van der Waals surface area contributed by atoms with E-state index < -0.39 is 35.1 Å². The Morgan fingerprint density at radius 3 is 2.48 bits per heavy atom. The highest BCUT2D eigenvalue weighted by Crippen LogP contribution is 2.56. The van der Waals surface area contributed by atoms with Crippen LogP contribution in [-0.2, 0) is 17.4 Å². The average Bonchev–Trinajstić information content (AvgIpc) is 3.80. The molecule has 5 aromatic rings. The minimum absolute atomic E-state index is 0.0309. The number of nitrogens with zero attached hydrogens (tertiary/aromatic N) is 5. The SMILES string of the molecule is CC1c2c(cc(F)c(Cl)c2-c2c(C(N)=O)ccc(OCCO)c2F)OC1(CNCCN1CCC(N2CCC(c3ccc4c(N5CCC(=O)NC5=O)nn(C)c4c3)CC2)CC1)c1ccccc1. The van der Waals surface area contributed by atoms with Crippen molar-refractivity contribution in [2.75, 3.05) is 70.5 Å². The number of aliphatic hydroxyl groups is 1. The lowest BCUT2D eigenvalue weighted by molar-refractivity contribution is -0.120. The van der Waals surface area contributed by atoms with Gasteiger partial charge in [-0.05, 0) is 93.2 Å². The summed E-state index contributed by atoms with van der Waals surface area (Å²) in [5.41, 5.74) is 7.70. The van der Waals surface area contributed by atoms with Crippen LogP contribution >= 0.6 is 11.6 Å². The fourth-order valence-corrected chi connectivity index (χ4v) is 10.8. The molecule has 0 aliphatic carbocycles. The van der Waals surface area contributed by atoms with Gasteiger partial charge in [0.05, 0.1) is 22.7 Å². The Morgan fingerprint density at radius 1 is 1.02 bits per heavy atom. The van der Waals surface area contributed by atoms with Crippen molar-refractivity contribution < 1.29 is 37.7 Å². The number of nitrogens with two attached hydrogens (primary N) is 1. The largest absolute Gasteiger partial charge is 0.488 e. The van der Waals surface area contributed by atoms with E-state index in [1.165, 1.54) is 23.8 Å². The number of halogens is 3. The van der Waals surface area contributed by atoms with Gasteiger partial charge in [0.2, 0.25) is 11.8 Å². The predicted molar refractivity (Wildman–Crippen MR) is 247 cm³/mol. The van der Waals surface area contributed by atoms with Crippen LogP contribution in [0.25, 0.3) is 22.0 Å². The van der Waals surface area contributed by atoms with Gasteiger partial charge < -0.3 is 35.4 Å². The van der Waals surface area contributed by atoms with Gasteiger partial charge in [0.15, 0.2) is 23.0 Å². The number of anilines is 1. The Hall–Kier alpha value is -5.65. The number of benzene rings is 4. The normalized spacial score (nSPS) is 21.0. The molecule has 5 heterocycles. The topological polar surface area (TPSA) is 168 Å². The summed E-state index contributed by atoms with van der Waals surface area (Å²) in [6, 6.07) is 19.9. The molecule has 3 saturated heterocycles. The van der Waals surface area contributed by atoms with Gasteiger partial charge in [-0.15, -0.1) is 0 Å². The highest BCUT2D eigenvalue weighted by atomic mass is 35.5. The first kappa shape index (κ1) is 45.5. The van der Waals surface area contributed by atoms with Crippen LogP contribution in [0.4, 0.5) is 19.4 Å². The van der Waals surface area contributed by atoms with Crippen molar-refractivity contribution in [3.63, 3.8) is 0 Å². The van der Waals surface area contributed by atoms with Crippen molar-refractivity contribution in [1.82, 2.24) is 30.2 Å². The van der Waals surface area contributed by atoms with E-state index in [0.29, 0.717) is 43.0 Å². The number of primary amides is 1. The summed E-state index contributed by atoms with van der Waals surface area (Å²) in [6.45, 7) is 7.52. The molecule has 4 aromatic carbocycles. The van der Waals surface area contributed by atoms with Crippen molar-refractivity contribution >= 4 is 46.2 Å². The van der Waals surface area contributed by atoms with Crippen LogP contribution in [0.2, 0.25) is 5.02 Å². The molecule has 66 heavy (non-hydrogen) atoms. The zero-order valence-electron chi connectivity index (χ0n) is 37.1. The number of carbonyl (C=O) groups excluding carboxylic acids is 3. The number of aromatic nitrogens is 2. The minimum atomic E-state index is -1.05. The molecule has 14 nitrogen and oxygen atoms in total. The molecule has 1 aromatic heterocycles. The number of piperidine rings is 2. The molecule has 0 radical (unpaired) electrons. The smallest absolute Gasteiger partial charge is 0.329 e. The Balaban J connectivity index is 0.826. The van der Waals surface area contributed by atoms with Crippen molar-refractivity contribution in [1.29, 1.82) is 0 Å². The first-order chi connectivity index (χ1) is 31.9. The molecular formula is C49H55ClF2N8O6. The van der Waals surface area contributed by atoms with E-state index in [0.717, 1.165) is 74.9 Å². The molecule has 9 rings (SSSR count). The second-order valence-electron chi connectivity index (χ2n) is 17.8. The monoisotopic (exact) mass is 924 g/mol. The van der Waals surface area contributed by atoms with E-state index in [1.54, 1.807) is 4.90 Å². The molecule has 5 N–H and O–H groups in total. The maximum Gasteiger partial charge on any atom is 0.329 e. The lowest BCUT2D eigenvalue weighted by Crippen LogP contribution is -2.49. The second-order valence-corrected chi connectivity index (χ2v) is 18.2. The van der Waals surface area contributed by atoms with Gasteiger partial charge in [0.1, 0.15) is 18.2 Å². The molecule has 4 aliphatic rings. The molecule has 3 fully saturated rings. The maximum atomic E-state index is 16.4. The number of aliphatic hydroxyl groups excluding tert-OH is 1. The van der Waals surface area contributed by atoms with Gasteiger partial charge >= 0.3 is 6.03 Å². The second kappa shape index (κ2) is 18.9. The fourth-order valence-electron chi connectivity index (χ4n) is 10.6. The van der Waals surface area contributed by atoms with Gasteiger partial charge in [-0.1, -0.05) is 54.9 Å². The minimum Gasteiger partial charge on any atom is -0.488 e. The number of rotatable bonds is 14. The highest BCUT2D eigenvalue weighted by molar-refractivity contribution is 6.34. The van der Waals surface area contributed by atoms with Crippen molar-refractivity contribution in [2.24, 2.45) is 12.8 Å². The Kier molecular flexibility index (Phi) is 13.0. The summed E-state index contributed by atoms with van der Waals surface area (Å²) in [5, 5.41) is 20.6. The quantitative estimate of drug-likeness (QED) is 0.0915. The van der Waals surface area contributed by atoms with Crippen LogP contribution in [0.3, 0.4) is 0 Å². The van der Waals surface area contributed by atoms with Gasteiger partial charge in [-0.2, -0.15) is 5.10 Å². The number of ether oxygens (including phenoxy) is 2. The van der Waals surface area contributed by atoms with Crippen molar-refractivity contribution in [2.45, 2.75) is 62.5 Å². The van der Waals surface area contributed by atoms with Crippen molar-refractivity contribution in [3.8, 4) is 22.6 Å². The van der Waals surface area contributed by atoms with Gasteiger partial charge in [-0.25, -0.2) is 13.6 Å². The number of hydrogen-bond acceptors (Lipinski definition) is 10. The number of carbonyl (C=O) groups is 3. The molecule has 0 bridgehead atoms. The first-order valence-corrected chi connectivity index (χ1v) is 23.1. The molecule has 2 unspecified atom stereocenters. The van der Waals surface area contributed by atoms with Crippen molar-refractivity contribution in [3.05, 3.63) is 106 Å². The van der Waals surface area contributed by atoms with E-state index in [9.17, 15) is 19.5 Å². The summed E-state index contributed by atoms with van der Waals surface area (Å²) in [6.07, 6.45) is 4.55. The van der Waals surface area contributed by atoms with Crippen LogP contribution in [0.15, 0.2) is 66.7 Å². The Labute approximate surface area is 386 Å². The number of fused-ring (bicyclic) bond motifs is 2. The van der Waals surface area contributed by atoms with E-state index in [2.05, 4.69) is 43.7 Å². The molecule has 0 spiro atoms. The zero-order chi connectivity index (χ0) is 46.3. The first-order valence-electron chi connectivity index (χ1n) is 22.8. The van der Waals surface area contributed by atoms with E-state index >= 15 is 8.78 Å². The predicted octanol–water partition coefficient (Wildman–Crippen LogP) is 6.41. The highest BCUT2D eigenvalue weighted by Gasteiger charge is 2.50. The Bertz CT molecular complexity index is 2650. The number of hydrogen-bond donors (Lipinski definition) is 4. The lowest BCUT2D eigenvalue weighted by atomic mass is 9.77. The van der Waals surface area contributed by atoms with E-state index in [-0.39, 0.29) is 58.8 Å². The van der Waals surface area contributed by atoms with Crippen LogP contribution < -0.4 is 30.7 Å². The summed E-state index contributed by atoms with van der Waals surface area (Å²) in [5.74, 6) is -2.55. The molecule has 17 heteroatoms. The van der Waals surface area contributed by atoms with Gasteiger partial charge in [0.25, 0.3) is 0 Å². The fraction of sp³-hybridized carbons (Fsp3) is 0.429. The van der Waals surface area contributed by atoms with Crippen LogP contribution in [0.1, 0.15) is 77.9 Å². The molecule has 4 aliphatic heterocycles. The zero-order valence-corrected chi connectivity index (χ0v) is 37.9. The third kappa shape index (κ3) is 8.49. The van der Waals surface area contributed by atoms with Crippen LogP contribution in [0, 0.1) is 11.6 Å². The Morgan fingerprint density at radius 2 is 1.77 bits per heavy atom. The summed E-state index contributed by atoms with van der Waals surface area (Å²) in [4.78, 5) is 43.7. The molecule has 4 amide bonds. The third-order valence-corrected chi connectivity index (χ3v) is 14.5. The molecular weight excluding hydrogens is 870 g/mol. The molecule has 348 valence electrons. The standard InChI is InChI=1S/C49H55ClF2N8O6/c1-29-41-39(27-36(51)44(50)43(41)42-35(46(53)63)10-11-38(45(42)52)65-25-24-61)66-49(29,32-6-4-3-5-7-32)28-54-17-23-58-18-14-33(15-19-58)59-20-12-30(13-21-59)31-8-9-34-37(26-31)57(2)56-47(34)60-22-16-40(62)55-48(60)64/h3-11,26-27,29-30,33,54,61H,12-25,28H2,1-2H3,(H2,53,63)(H,55,62,64). The number of likely N-dealkylation sites (tertiary alicyclic amines) is 2. The van der Waals surface area contributed by atoms with Gasteiger partial charge in [0, 0.05) is 79.8 Å². The van der Waals surface area contributed by atoms with E-state index in [4.69, 9.17) is 26.8 Å². The summed E-state index contributed by atoms with van der Waals surface area (Å²) in [7, 11) is 1.89. The van der Waals surface area contributed by atoms with Crippen LogP contribution in [-0.4, -0.2) is 114 Å². The van der Waals surface area contributed by atoms with E-state index in [1.807, 2.05) is 49.0 Å². The average molecular weight is 925 g/mol. The number of urea groups is 1. The number of amides is 4.